The van der Waals surface area contributed by atoms with E-state index in [-0.39, 0.29) is 0 Å². The molecule has 2 rings (SSSR count). The van der Waals surface area contributed by atoms with E-state index in [4.69, 9.17) is 27.9 Å². The van der Waals surface area contributed by atoms with E-state index in [1.54, 1.807) is 6.20 Å². The molecule has 0 aliphatic rings. The molecular formula is C16H18Cl2N2O. The number of hydrogen-bond acceptors (Lipinski definition) is 3. The first-order valence-corrected chi connectivity index (χ1v) is 7.65. The summed E-state index contributed by atoms with van der Waals surface area (Å²) < 4.78 is 5.76. The third-order valence-electron chi connectivity index (χ3n) is 3.00. The van der Waals surface area contributed by atoms with Gasteiger partial charge < -0.3 is 10.1 Å². The summed E-state index contributed by atoms with van der Waals surface area (Å²) in [7, 11) is 0. The highest BCUT2D eigenvalue weighted by Crippen LogP contribution is 2.27. The number of aromatic nitrogens is 1. The van der Waals surface area contributed by atoms with E-state index in [1.165, 1.54) is 0 Å². The standard InChI is InChI=1S/C16H18Cl2N2O/c1-3-6-19-9-12-8-16(20-10-15(12)18)21-13-4-5-14(17)11(2)7-13/h4-5,7-8,10,19H,3,6,9H2,1-2H3. The molecule has 21 heavy (non-hydrogen) atoms. The Morgan fingerprint density at radius 1 is 1.19 bits per heavy atom. The number of hydrogen-bond donors (Lipinski definition) is 1. The minimum Gasteiger partial charge on any atom is -0.439 e. The van der Waals surface area contributed by atoms with Gasteiger partial charge in [0.15, 0.2) is 0 Å². The monoisotopic (exact) mass is 324 g/mol. The van der Waals surface area contributed by atoms with Crippen LogP contribution in [-0.2, 0) is 6.54 Å². The Hall–Kier alpha value is -1.29. The second kappa shape index (κ2) is 7.64. The average molecular weight is 325 g/mol. The predicted molar refractivity (Wildman–Crippen MR) is 87.5 cm³/mol. The van der Waals surface area contributed by atoms with Crippen molar-refractivity contribution in [1.82, 2.24) is 10.3 Å². The summed E-state index contributed by atoms with van der Waals surface area (Å²) >= 11 is 12.2. The van der Waals surface area contributed by atoms with Gasteiger partial charge in [0.25, 0.3) is 0 Å². The van der Waals surface area contributed by atoms with Gasteiger partial charge in [-0.3, -0.25) is 0 Å². The van der Waals surface area contributed by atoms with Gasteiger partial charge in [0.2, 0.25) is 5.88 Å². The van der Waals surface area contributed by atoms with Crippen LogP contribution in [0.1, 0.15) is 24.5 Å². The number of nitrogens with one attached hydrogen (secondary N) is 1. The SMILES string of the molecule is CCCNCc1cc(Oc2ccc(Cl)c(C)c2)ncc1Cl. The second-order valence-electron chi connectivity index (χ2n) is 4.80. The third kappa shape index (κ3) is 4.60. The predicted octanol–water partition coefficient (Wildman–Crippen LogP) is 4.99. The molecule has 0 aliphatic carbocycles. The molecule has 0 spiro atoms. The highest BCUT2D eigenvalue weighted by molar-refractivity contribution is 6.31. The maximum absolute atomic E-state index is 6.15. The Labute approximate surface area is 135 Å². The summed E-state index contributed by atoms with van der Waals surface area (Å²) in [5.41, 5.74) is 1.94. The third-order valence-corrected chi connectivity index (χ3v) is 3.77. The van der Waals surface area contributed by atoms with Crippen LogP contribution in [0.25, 0.3) is 0 Å². The minimum absolute atomic E-state index is 0.523. The van der Waals surface area contributed by atoms with Crippen molar-refractivity contribution in [3.05, 3.63) is 51.6 Å². The number of halogens is 2. The van der Waals surface area contributed by atoms with E-state index in [0.717, 1.165) is 29.1 Å². The first kappa shape index (κ1) is 16.1. The number of nitrogens with zero attached hydrogens (tertiary/aromatic N) is 1. The molecule has 0 atom stereocenters. The van der Waals surface area contributed by atoms with E-state index in [0.29, 0.717) is 23.2 Å². The molecule has 0 aliphatic heterocycles. The zero-order valence-electron chi connectivity index (χ0n) is 12.1. The lowest BCUT2D eigenvalue weighted by molar-refractivity contribution is 0.461. The lowest BCUT2D eigenvalue weighted by Gasteiger charge is -2.10. The van der Waals surface area contributed by atoms with Crippen LogP contribution in [0, 0.1) is 6.92 Å². The van der Waals surface area contributed by atoms with Crippen molar-refractivity contribution in [2.45, 2.75) is 26.8 Å². The van der Waals surface area contributed by atoms with E-state index in [9.17, 15) is 0 Å². The van der Waals surface area contributed by atoms with Crippen molar-refractivity contribution < 1.29 is 4.74 Å². The topological polar surface area (TPSA) is 34.1 Å². The number of aryl methyl sites for hydroxylation is 1. The van der Waals surface area contributed by atoms with Crippen LogP contribution in [0.4, 0.5) is 0 Å². The fourth-order valence-corrected chi connectivity index (χ4v) is 2.14. The Kier molecular flexibility index (Phi) is 5.85. The Bertz CT molecular complexity index is 617. The summed E-state index contributed by atoms with van der Waals surface area (Å²) in [6, 6.07) is 7.37. The quantitative estimate of drug-likeness (QED) is 0.760. The van der Waals surface area contributed by atoms with Crippen molar-refractivity contribution in [3.63, 3.8) is 0 Å². The first-order chi connectivity index (χ1) is 10.1. The second-order valence-corrected chi connectivity index (χ2v) is 5.62. The van der Waals surface area contributed by atoms with Crippen LogP contribution in [0.5, 0.6) is 11.6 Å². The Morgan fingerprint density at radius 3 is 2.71 bits per heavy atom. The molecule has 0 bridgehead atoms. The summed E-state index contributed by atoms with van der Waals surface area (Å²) in [6.45, 7) is 5.71. The Balaban J connectivity index is 2.12. The highest BCUT2D eigenvalue weighted by Gasteiger charge is 2.06. The molecule has 1 aromatic carbocycles. The fourth-order valence-electron chi connectivity index (χ4n) is 1.85. The van der Waals surface area contributed by atoms with Crippen LogP contribution >= 0.6 is 23.2 Å². The van der Waals surface area contributed by atoms with E-state index >= 15 is 0 Å². The van der Waals surface area contributed by atoms with Gasteiger partial charge in [-0.05, 0) is 49.2 Å². The lowest BCUT2D eigenvalue weighted by Crippen LogP contribution is -2.14. The number of ether oxygens (including phenoxy) is 1. The summed E-state index contributed by atoms with van der Waals surface area (Å²) in [5, 5.41) is 4.67. The largest absolute Gasteiger partial charge is 0.439 e. The number of benzene rings is 1. The molecular weight excluding hydrogens is 307 g/mol. The van der Waals surface area contributed by atoms with Gasteiger partial charge >= 0.3 is 0 Å². The molecule has 0 radical (unpaired) electrons. The normalized spacial score (nSPS) is 10.7. The molecule has 1 N–H and O–H groups in total. The maximum Gasteiger partial charge on any atom is 0.219 e. The number of rotatable bonds is 6. The molecule has 0 amide bonds. The molecule has 3 nitrogen and oxygen atoms in total. The maximum atomic E-state index is 6.15. The molecule has 1 aromatic heterocycles. The minimum atomic E-state index is 0.523. The van der Waals surface area contributed by atoms with Gasteiger partial charge in [0.05, 0.1) is 5.02 Å². The van der Waals surface area contributed by atoms with E-state index in [1.807, 2.05) is 31.2 Å². The smallest absolute Gasteiger partial charge is 0.219 e. The van der Waals surface area contributed by atoms with Crippen molar-refractivity contribution in [2.24, 2.45) is 0 Å². The fraction of sp³-hybridized carbons (Fsp3) is 0.312. The van der Waals surface area contributed by atoms with Crippen LogP contribution in [0.2, 0.25) is 10.0 Å². The Morgan fingerprint density at radius 2 is 2.00 bits per heavy atom. The zero-order chi connectivity index (χ0) is 15.2. The van der Waals surface area contributed by atoms with Gasteiger partial charge in [-0.2, -0.15) is 0 Å². The van der Waals surface area contributed by atoms with Gasteiger partial charge in [-0.15, -0.1) is 0 Å². The van der Waals surface area contributed by atoms with Gasteiger partial charge in [0.1, 0.15) is 5.75 Å². The molecule has 1 heterocycles. The number of pyridine rings is 1. The summed E-state index contributed by atoms with van der Waals surface area (Å²) in [5.74, 6) is 1.23. The van der Waals surface area contributed by atoms with Gasteiger partial charge in [0, 0.05) is 23.8 Å². The van der Waals surface area contributed by atoms with Crippen molar-refractivity contribution in [2.75, 3.05) is 6.54 Å². The van der Waals surface area contributed by atoms with Gasteiger partial charge in [-0.1, -0.05) is 30.1 Å². The van der Waals surface area contributed by atoms with Crippen LogP contribution in [0.15, 0.2) is 30.5 Å². The molecule has 0 unspecified atom stereocenters. The van der Waals surface area contributed by atoms with Gasteiger partial charge in [-0.25, -0.2) is 4.98 Å². The average Bonchev–Trinajstić information content (AvgIpc) is 2.46. The molecule has 0 saturated heterocycles. The molecule has 0 saturated carbocycles. The molecule has 0 fully saturated rings. The van der Waals surface area contributed by atoms with Crippen molar-refractivity contribution >= 4 is 23.2 Å². The van der Waals surface area contributed by atoms with Crippen LogP contribution < -0.4 is 10.1 Å². The summed E-state index contributed by atoms with van der Waals surface area (Å²) in [4.78, 5) is 4.20. The zero-order valence-corrected chi connectivity index (χ0v) is 13.6. The summed E-state index contributed by atoms with van der Waals surface area (Å²) in [6.07, 6.45) is 2.69. The lowest BCUT2D eigenvalue weighted by atomic mass is 10.2. The molecule has 5 heteroatoms. The van der Waals surface area contributed by atoms with Crippen LogP contribution in [0.3, 0.4) is 0 Å². The van der Waals surface area contributed by atoms with E-state index < -0.39 is 0 Å². The van der Waals surface area contributed by atoms with E-state index in [2.05, 4.69) is 17.2 Å². The molecule has 112 valence electrons. The van der Waals surface area contributed by atoms with Crippen molar-refractivity contribution in [3.8, 4) is 11.6 Å². The molecule has 2 aromatic rings. The van der Waals surface area contributed by atoms with Crippen LogP contribution in [-0.4, -0.2) is 11.5 Å². The first-order valence-electron chi connectivity index (χ1n) is 6.89. The van der Waals surface area contributed by atoms with Crippen molar-refractivity contribution in [1.29, 1.82) is 0 Å². The highest BCUT2D eigenvalue weighted by atomic mass is 35.5.